The van der Waals surface area contributed by atoms with Gasteiger partial charge in [-0.25, -0.2) is 4.98 Å². The first kappa shape index (κ1) is 22.3. The topological polar surface area (TPSA) is 85.2 Å². The van der Waals surface area contributed by atoms with Crippen LogP contribution in [-0.4, -0.2) is 42.5 Å². The number of nitriles is 1. The lowest BCUT2D eigenvalue weighted by molar-refractivity contribution is -0.274. The van der Waals surface area contributed by atoms with E-state index in [4.69, 9.17) is 11.6 Å². The largest absolute Gasteiger partial charge is 0.573 e. The maximum absolute atomic E-state index is 12.5. The van der Waals surface area contributed by atoms with E-state index in [0.717, 1.165) is 18.7 Å². The van der Waals surface area contributed by atoms with Gasteiger partial charge in [0.15, 0.2) is 0 Å². The lowest BCUT2D eigenvalue weighted by Gasteiger charge is -2.36. The number of aromatic nitrogens is 2. The van der Waals surface area contributed by atoms with E-state index in [2.05, 4.69) is 19.6 Å². The number of H-pyrrole nitrogens is 1. The highest BCUT2D eigenvalue weighted by Gasteiger charge is 2.38. The molecule has 2 aliphatic heterocycles. The first-order chi connectivity index (χ1) is 16.2. The molecule has 0 amide bonds. The molecular weight excluding hydrogens is 471 g/mol. The summed E-state index contributed by atoms with van der Waals surface area (Å²) in [7, 11) is 0. The molecule has 2 atom stereocenters. The molecule has 2 saturated heterocycles. The Kier molecular flexibility index (Phi) is 5.52. The zero-order valence-electron chi connectivity index (χ0n) is 17.8. The lowest BCUT2D eigenvalue weighted by atomic mass is 9.88. The van der Waals surface area contributed by atoms with Crippen LogP contribution in [0.15, 0.2) is 41.2 Å². The molecule has 2 unspecified atom stereocenters. The van der Waals surface area contributed by atoms with E-state index in [1.807, 2.05) is 11.0 Å². The van der Waals surface area contributed by atoms with Crippen LogP contribution < -0.4 is 20.1 Å². The minimum absolute atomic E-state index is 0.0100. The summed E-state index contributed by atoms with van der Waals surface area (Å²) in [6.07, 6.45) is -3.88. The molecule has 2 aliphatic rings. The number of fused-ring (bicyclic) bond motifs is 2. The second-order valence-corrected chi connectivity index (χ2v) is 8.91. The minimum Gasteiger partial charge on any atom is -0.406 e. The molecule has 0 saturated carbocycles. The molecule has 2 fully saturated rings. The van der Waals surface area contributed by atoms with Crippen LogP contribution in [0.4, 0.5) is 24.5 Å². The second kappa shape index (κ2) is 8.40. The summed E-state index contributed by atoms with van der Waals surface area (Å²) in [6.45, 7) is 2.76. The molecule has 176 valence electrons. The van der Waals surface area contributed by atoms with Gasteiger partial charge < -0.3 is 19.5 Å². The molecule has 1 aromatic carbocycles. The monoisotopic (exact) mass is 489 g/mol. The Balaban J connectivity index is 1.39. The van der Waals surface area contributed by atoms with Crippen LogP contribution in [0.2, 0.25) is 5.15 Å². The predicted octanol–water partition coefficient (Wildman–Crippen LogP) is 4.31. The summed E-state index contributed by atoms with van der Waals surface area (Å²) >= 11 is 6.10. The van der Waals surface area contributed by atoms with Gasteiger partial charge in [0, 0.05) is 31.9 Å². The number of pyridine rings is 2. The number of benzene rings is 1. The fourth-order valence-corrected chi connectivity index (χ4v) is 5.13. The predicted molar refractivity (Wildman–Crippen MR) is 121 cm³/mol. The summed E-state index contributed by atoms with van der Waals surface area (Å²) in [4.78, 5) is 23.8. The van der Waals surface area contributed by atoms with E-state index in [0.29, 0.717) is 42.3 Å². The number of nitrogens with zero attached hydrogens (tertiary/aromatic N) is 4. The molecule has 0 radical (unpaired) electrons. The maximum atomic E-state index is 12.5. The smallest absolute Gasteiger partial charge is 0.406 e. The maximum Gasteiger partial charge on any atom is 0.573 e. The number of hydrogen-bond donors (Lipinski definition) is 1. The second-order valence-electron chi connectivity index (χ2n) is 8.52. The number of aromatic amines is 1. The molecule has 7 nitrogen and oxygen atoms in total. The molecule has 3 aromatic rings. The Morgan fingerprint density at radius 3 is 2.50 bits per heavy atom. The number of rotatable bonds is 3. The summed E-state index contributed by atoms with van der Waals surface area (Å²) < 4.78 is 41.2. The van der Waals surface area contributed by atoms with Gasteiger partial charge in [-0.05, 0) is 54.7 Å². The molecular formula is C23H19ClF3N5O2. The summed E-state index contributed by atoms with van der Waals surface area (Å²) in [5.41, 5.74) is 1.86. The third kappa shape index (κ3) is 4.23. The van der Waals surface area contributed by atoms with E-state index in [1.54, 1.807) is 24.3 Å². The Morgan fingerprint density at radius 2 is 1.79 bits per heavy atom. The zero-order chi connectivity index (χ0) is 24.0. The number of anilines is 2. The first-order valence-electron chi connectivity index (χ1n) is 10.7. The van der Waals surface area contributed by atoms with E-state index in [9.17, 15) is 23.2 Å². The molecule has 0 aliphatic carbocycles. The highest BCUT2D eigenvalue weighted by Crippen LogP contribution is 2.38. The van der Waals surface area contributed by atoms with Crippen LogP contribution in [0.5, 0.6) is 5.75 Å². The van der Waals surface area contributed by atoms with E-state index >= 15 is 0 Å². The average molecular weight is 490 g/mol. The van der Waals surface area contributed by atoms with Crippen LogP contribution in [-0.2, 0) is 0 Å². The van der Waals surface area contributed by atoms with Gasteiger partial charge >= 0.3 is 6.36 Å². The third-order valence-electron chi connectivity index (χ3n) is 6.46. The van der Waals surface area contributed by atoms with Gasteiger partial charge in [0.2, 0.25) is 0 Å². The van der Waals surface area contributed by atoms with Crippen molar-refractivity contribution < 1.29 is 17.9 Å². The number of nitrogens with one attached hydrogen (secondary N) is 1. The lowest BCUT2D eigenvalue weighted by Crippen LogP contribution is -2.41. The molecule has 0 bridgehead atoms. The first-order valence-corrected chi connectivity index (χ1v) is 11.1. The van der Waals surface area contributed by atoms with Crippen molar-refractivity contribution in [2.45, 2.75) is 12.8 Å². The van der Waals surface area contributed by atoms with Crippen molar-refractivity contribution in [2.75, 3.05) is 36.0 Å². The zero-order valence-corrected chi connectivity index (χ0v) is 18.5. The summed E-state index contributed by atoms with van der Waals surface area (Å²) in [5.74, 6) is 0.382. The van der Waals surface area contributed by atoms with Gasteiger partial charge in [0.1, 0.15) is 28.1 Å². The molecule has 4 heterocycles. The molecule has 1 N–H and O–H groups in total. The highest BCUT2D eigenvalue weighted by atomic mass is 35.5. The summed E-state index contributed by atoms with van der Waals surface area (Å²) in [5, 5.41) is 9.95. The van der Waals surface area contributed by atoms with Crippen molar-refractivity contribution >= 4 is 34.0 Å². The van der Waals surface area contributed by atoms with Crippen LogP contribution in [0, 0.1) is 23.2 Å². The van der Waals surface area contributed by atoms with Crippen molar-refractivity contribution in [2.24, 2.45) is 11.8 Å². The van der Waals surface area contributed by atoms with Gasteiger partial charge in [-0.15, -0.1) is 13.2 Å². The fraction of sp³-hybridized carbons (Fsp3) is 0.348. The van der Waals surface area contributed by atoms with Crippen molar-refractivity contribution in [3.63, 3.8) is 0 Å². The number of halogens is 4. The molecule has 0 spiro atoms. The average Bonchev–Trinajstić information content (AvgIpc) is 3.21. The van der Waals surface area contributed by atoms with Crippen LogP contribution >= 0.6 is 11.6 Å². The number of hydrogen-bond acceptors (Lipinski definition) is 6. The van der Waals surface area contributed by atoms with Crippen LogP contribution in [0.25, 0.3) is 11.0 Å². The molecule has 34 heavy (non-hydrogen) atoms. The SMILES string of the molecule is N#Cc1c(N2CCC3CN(c4ccc(OC(F)(F)F)cc4)CC3C2)c2nc(Cl)ccc2[nH]c1=O. The normalized spacial score (nSPS) is 20.3. The van der Waals surface area contributed by atoms with E-state index < -0.39 is 11.9 Å². The van der Waals surface area contributed by atoms with Gasteiger partial charge in [-0.3, -0.25) is 4.79 Å². The third-order valence-corrected chi connectivity index (χ3v) is 6.67. The Bertz CT molecular complexity index is 1340. The van der Waals surface area contributed by atoms with Crippen molar-refractivity contribution in [1.29, 1.82) is 5.26 Å². The minimum atomic E-state index is -4.72. The van der Waals surface area contributed by atoms with Crippen LogP contribution in [0.1, 0.15) is 12.0 Å². The van der Waals surface area contributed by atoms with E-state index in [1.165, 1.54) is 12.1 Å². The van der Waals surface area contributed by atoms with Gasteiger partial charge in [0.25, 0.3) is 5.56 Å². The fourth-order valence-electron chi connectivity index (χ4n) is 4.98. The van der Waals surface area contributed by atoms with Crippen molar-refractivity contribution in [3.8, 4) is 11.8 Å². The Morgan fingerprint density at radius 1 is 1.09 bits per heavy atom. The Hall–Kier alpha value is -3.45. The van der Waals surface area contributed by atoms with E-state index in [-0.39, 0.29) is 22.4 Å². The highest BCUT2D eigenvalue weighted by molar-refractivity contribution is 6.29. The van der Waals surface area contributed by atoms with Crippen molar-refractivity contribution in [1.82, 2.24) is 9.97 Å². The number of ether oxygens (including phenoxy) is 1. The Labute approximate surface area is 197 Å². The molecule has 11 heteroatoms. The van der Waals surface area contributed by atoms with Crippen LogP contribution in [0.3, 0.4) is 0 Å². The quantitative estimate of drug-likeness (QED) is 0.552. The van der Waals surface area contributed by atoms with Crippen molar-refractivity contribution in [3.05, 3.63) is 57.5 Å². The van der Waals surface area contributed by atoms with Gasteiger partial charge in [-0.1, -0.05) is 11.6 Å². The number of alkyl halides is 3. The summed E-state index contributed by atoms with van der Waals surface area (Å²) in [6, 6.07) is 11.2. The van der Waals surface area contributed by atoms with Gasteiger partial charge in [-0.2, -0.15) is 5.26 Å². The molecule has 5 rings (SSSR count). The van der Waals surface area contributed by atoms with Gasteiger partial charge in [0.05, 0.1) is 11.2 Å². The standard InChI is InChI=1S/C23H19ClF3N5O2/c24-19-6-5-18-20(30-19)21(17(9-28)22(33)29-18)31-8-7-13-10-32(12-14(13)11-31)15-1-3-16(4-2-15)34-23(25,26)27/h1-6,13-14H,7-8,10-12H2,(H,29,33). The molecule has 2 aromatic heterocycles. The number of piperidine rings is 1.